The zero-order valence-electron chi connectivity index (χ0n) is 19.4. The summed E-state index contributed by atoms with van der Waals surface area (Å²) >= 11 is 1.10. The first-order chi connectivity index (χ1) is 16.9. The zero-order valence-corrected chi connectivity index (χ0v) is 20.2. The Bertz CT molecular complexity index is 1190. The molecule has 1 aromatic heterocycles. The number of amides is 2. The molecule has 2 amide bonds. The molecule has 1 aliphatic rings. The van der Waals surface area contributed by atoms with Gasteiger partial charge in [-0.1, -0.05) is 11.3 Å². The third kappa shape index (κ3) is 6.19. The van der Waals surface area contributed by atoms with Gasteiger partial charge in [-0.25, -0.2) is 4.98 Å². The van der Waals surface area contributed by atoms with Gasteiger partial charge in [0.05, 0.1) is 12.8 Å². The fourth-order valence-electron chi connectivity index (χ4n) is 3.71. The van der Waals surface area contributed by atoms with E-state index in [4.69, 9.17) is 20.9 Å². The number of nitrogens with one attached hydrogen (secondary N) is 2. The lowest BCUT2D eigenvalue weighted by molar-refractivity contribution is 0.0997. The van der Waals surface area contributed by atoms with Crippen molar-refractivity contribution in [3.05, 3.63) is 53.7 Å². The van der Waals surface area contributed by atoms with Gasteiger partial charge in [0, 0.05) is 17.8 Å². The second kappa shape index (κ2) is 11.1. The maximum absolute atomic E-state index is 12.9. The van der Waals surface area contributed by atoms with Crippen LogP contribution in [0.4, 0.5) is 21.5 Å². The molecule has 2 aromatic carbocycles. The minimum atomic E-state index is -0.749. The summed E-state index contributed by atoms with van der Waals surface area (Å²) in [5.74, 6) is 0.0492. The van der Waals surface area contributed by atoms with Gasteiger partial charge in [0.2, 0.25) is 0 Å². The molecule has 0 unspecified atom stereocenters. The highest BCUT2D eigenvalue weighted by Gasteiger charge is 2.20. The predicted molar refractivity (Wildman–Crippen MR) is 137 cm³/mol. The van der Waals surface area contributed by atoms with Crippen LogP contribution in [0.15, 0.2) is 42.5 Å². The van der Waals surface area contributed by atoms with Crippen LogP contribution in [0.1, 0.15) is 33.7 Å². The number of ether oxygens (including phenoxy) is 2. The number of benzene rings is 2. The van der Waals surface area contributed by atoms with Crippen molar-refractivity contribution in [3.8, 4) is 11.5 Å². The monoisotopic (exact) mass is 496 g/mol. The summed E-state index contributed by atoms with van der Waals surface area (Å²) in [4.78, 5) is 31.4. The Morgan fingerprint density at radius 3 is 2.54 bits per heavy atom. The number of carbonyl (C=O) groups excluding carboxylic acids is 2. The average molecular weight is 497 g/mol. The van der Waals surface area contributed by atoms with E-state index in [1.807, 2.05) is 0 Å². The molecule has 0 spiro atoms. The van der Waals surface area contributed by atoms with E-state index in [0.29, 0.717) is 34.5 Å². The van der Waals surface area contributed by atoms with Crippen molar-refractivity contribution < 1.29 is 19.1 Å². The summed E-state index contributed by atoms with van der Waals surface area (Å²) < 4.78 is 10.9. The molecule has 0 aliphatic carbocycles. The molecule has 1 fully saturated rings. The molecular formula is C24H28N6O4S. The highest BCUT2D eigenvalue weighted by molar-refractivity contribution is 7.20. The number of methoxy groups -OCH3 is 1. The first-order valence-electron chi connectivity index (χ1n) is 11.2. The summed E-state index contributed by atoms with van der Waals surface area (Å²) in [5, 5.41) is 6.45. The number of hydrogen-bond acceptors (Lipinski definition) is 9. The number of likely N-dealkylation sites (tertiary alicyclic amines) is 1. The van der Waals surface area contributed by atoms with Crippen LogP contribution < -0.4 is 31.6 Å². The highest BCUT2D eigenvalue weighted by Crippen LogP contribution is 2.32. The number of carbonyl (C=O) groups is 2. The zero-order chi connectivity index (χ0) is 24.8. The standard InChI is InChI=1S/C24H28N6O4S/c1-33-17-7-5-16(6-8-17)27-24-28-20(21(26)31)23(35-24)29-22(32)15-4-9-19(18(25)14-15)34-13-12-30-10-2-3-11-30/h4-9,14H,2-3,10-13,25H2,1H3,(H2,26,31)(H,27,28)(H,29,32). The molecule has 10 nitrogen and oxygen atoms in total. The molecular weight excluding hydrogens is 468 g/mol. The molecule has 4 rings (SSSR count). The van der Waals surface area contributed by atoms with Gasteiger partial charge in [0.25, 0.3) is 11.8 Å². The Kier molecular flexibility index (Phi) is 7.68. The molecule has 2 heterocycles. The van der Waals surface area contributed by atoms with Gasteiger partial charge in [-0.2, -0.15) is 0 Å². The van der Waals surface area contributed by atoms with E-state index in [1.54, 1.807) is 49.6 Å². The molecule has 0 bridgehead atoms. The average Bonchev–Trinajstić information content (AvgIpc) is 3.50. The van der Waals surface area contributed by atoms with Gasteiger partial charge in [-0.05, 0) is 68.4 Å². The maximum atomic E-state index is 12.9. The van der Waals surface area contributed by atoms with E-state index in [-0.39, 0.29) is 10.7 Å². The number of primary amides is 1. The van der Waals surface area contributed by atoms with Gasteiger partial charge in [-0.3, -0.25) is 14.5 Å². The highest BCUT2D eigenvalue weighted by atomic mass is 32.1. The third-order valence-corrected chi connectivity index (χ3v) is 6.45. The van der Waals surface area contributed by atoms with Gasteiger partial charge < -0.3 is 31.6 Å². The lowest BCUT2D eigenvalue weighted by atomic mass is 10.1. The Hall–Kier alpha value is -3.83. The van der Waals surface area contributed by atoms with Gasteiger partial charge in [-0.15, -0.1) is 0 Å². The number of aromatic nitrogens is 1. The fourth-order valence-corrected chi connectivity index (χ4v) is 4.60. The van der Waals surface area contributed by atoms with Crippen LogP contribution in [0, 0.1) is 0 Å². The van der Waals surface area contributed by atoms with Crippen LogP contribution in [-0.4, -0.2) is 55.0 Å². The van der Waals surface area contributed by atoms with Crippen LogP contribution in [0.5, 0.6) is 11.5 Å². The van der Waals surface area contributed by atoms with Gasteiger partial charge in [0.15, 0.2) is 10.8 Å². The molecule has 0 radical (unpaired) electrons. The summed E-state index contributed by atoms with van der Waals surface area (Å²) in [6.07, 6.45) is 2.45. The second-order valence-electron chi connectivity index (χ2n) is 8.02. The van der Waals surface area contributed by atoms with Crippen LogP contribution >= 0.6 is 11.3 Å². The molecule has 3 aromatic rings. The summed E-state index contributed by atoms with van der Waals surface area (Å²) in [7, 11) is 1.58. The number of anilines is 4. The van der Waals surface area contributed by atoms with Crippen LogP contribution in [0.25, 0.3) is 0 Å². The molecule has 35 heavy (non-hydrogen) atoms. The van der Waals surface area contributed by atoms with Crippen LogP contribution in [-0.2, 0) is 0 Å². The molecule has 6 N–H and O–H groups in total. The largest absolute Gasteiger partial charge is 0.497 e. The van der Waals surface area contributed by atoms with Crippen LogP contribution in [0.2, 0.25) is 0 Å². The van der Waals surface area contributed by atoms with Crippen molar-refractivity contribution in [2.24, 2.45) is 5.73 Å². The van der Waals surface area contributed by atoms with E-state index >= 15 is 0 Å². The molecule has 11 heteroatoms. The number of nitrogens with two attached hydrogens (primary N) is 2. The van der Waals surface area contributed by atoms with Crippen molar-refractivity contribution in [1.82, 2.24) is 9.88 Å². The Morgan fingerprint density at radius 1 is 1.14 bits per heavy atom. The topological polar surface area (TPSA) is 145 Å². The third-order valence-electron chi connectivity index (χ3n) is 5.56. The quantitative estimate of drug-likeness (QED) is 0.313. The molecule has 0 atom stereocenters. The van der Waals surface area contributed by atoms with E-state index < -0.39 is 11.8 Å². The van der Waals surface area contributed by atoms with E-state index in [9.17, 15) is 9.59 Å². The first kappa shape index (κ1) is 24.3. The number of thiazole rings is 1. The molecule has 1 saturated heterocycles. The molecule has 1 aliphatic heterocycles. The van der Waals surface area contributed by atoms with E-state index in [1.165, 1.54) is 12.8 Å². The summed E-state index contributed by atoms with van der Waals surface area (Å²) in [6.45, 7) is 3.57. The van der Waals surface area contributed by atoms with E-state index in [2.05, 4.69) is 20.5 Å². The van der Waals surface area contributed by atoms with Crippen molar-refractivity contribution in [1.29, 1.82) is 0 Å². The minimum absolute atomic E-state index is 0.0331. The fraction of sp³-hybridized carbons (Fsp3) is 0.292. The van der Waals surface area contributed by atoms with Crippen molar-refractivity contribution in [3.63, 3.8) is 0 Å². The second-order valence-corrected chi connectivity index (χ2v) is 9.02. The van der Waals surface area contributed by atoms with E-state index in [0.717, 1.165) is 36.7 Å². The Balaban J connectivity index is 1.41. The number of nitrogens with zero attached hydrogens (tertiary/aromatic N) is 2. The molecule has 0 saturated carbocycles. The Morgan fingerprint density at radius 2 is 1.89 bits per heavy atom. The van der Waals surface area contributed by atoms with Crippen molar-refractivity contribution in [2.75, 3.05) is 49.7 Å². The normalized spacial score (nSPS) is 13.4. The van der Waals surface area contributed by atoms with Crippen LogP contribution in [0.3, 0.4) is 0 Å². The van der Waals surface area contributed by atoms with Gasteiger partial charge >= 0.3 is 0 Å². The summed E-state index contributed by atoms with van der Waals surface area (Å²) in [6, 6.07) is 12.0. The predicted octanol–water partition coefficient (Wildman–Crippen LogP) is 3.30. The van der Waals surface area contributed by atoms with Crippen molar-refractivity contribution in [2.45, 2.75) is 12.8 Å². The van der Waals surface area contributed by atoms with Crippen molar-refractivity contribution >= 4 is 44.7 Å². The van der Waals surface area contributed by atoms with Gasteiger partial charge in [0.1, 0.15) is 23.1 Å². The number of nitrogen functional groups attached to an aromatic ring is 1. The molecule has 184 valence electrons. The number of rotatable bonds is 10. The maximum Gasteiger partial charge on any atom is 0.270 e. The summed E-state index contributed by atoms with van der Waals surface area (Å²) in [5.41, 5.74) is 13.0. The first-order valence-corrected chi connectivity index (χ1v) is 12.0. The smallest absolute Gasteiger partial charge is 0.270 e. The lowest BCUT2D eigenvalue weighted by Gasteiger charge is -2.16. The number of hydrogen-bond donors (Lipinski definition) is 4. The minimum Gasteiger partial charge on any atom is -0.497 e. The SMILES string of the molecule is COc1ccc(Nc2nc(C(N)=O)c(NC(=O)c3ccc(OCCN4CCCC4)c(N)c3)s2)cc1. The Labute approximate surface area is 207 Å². The lowest BCUT2D eigenvalue weighted by Crippen LogP contribution is -2.25.